The molecule has 0 bridgehead atoms. The van der Waals surface area contributed by atoms with Crippen LogP contribution in [0.4, 0.5) is 0 Å². The smallest absolute Gasteiger partial charge is 0.328 e. The molecule has 0 saturated heterocycles. The lowest BCUT2D eigenvalue weighted by molar-refractivity contribution is -0.148. The molecular formula is C22H32ClN3O5. The van der Waals surface area contributed by atoms with E-state index < -0.39 is 29.9 Å². The minimum Gasteiger partial charge on any atom is -0.480 e. The molecule has 9 heteroatoms. The number of nitrogens with one attached hydrogen (secondary N) is 2. The minimum absolute atomic E-state index is 0. The molecule has 0 aliphatic heterocycles. The number of carbonyl (C=O) groups is 3. The zero-order valence-electron chi connectivity index (χ0n) is 17.8. The molecule has 1 aromatic carbocycles. The monoisotopic (exact) mass is 453 g/mol. The van der Waals surface area contributed by atoms with Crippen LogP contribution in [0.5, 0.6) is 0 Å². The number of fused-ring (bicyclic) bond motifs is 1. The Bertz CT molecular complexity index is 855. The Morgan fingerprint density at radius 3 is 2.65 bits per heavy atom. The van der Waals surface area contributed by atoms with Crippen molar-refractivity contribution in [2.75, 3.05) is 6.61 Å². The lowest BCUT2D eigenvalue weighted by Gasteiger charge is -2.18. The van der Waals surface area contributed by atoms with Gasteiger partial charge in [0.25, 0.3) is 0 Å². The van der Waals surface area contributed by atoms with Gasteiger partial charge in [0, 0.05) is 29.9 Å². The molecule has 8 nitrogen and oxygen atoms in total. The summed E-state index contributed by atoms with van der Waals surface area (Å²) in [6.45, 7) is 2.41. The second-order valence-corrected chi connectivity index (χ2v) is 7.40. The first-order chi connectivity index (χ1) is 14.4. The fourth-order valence-electron chi connectivity index (χ4n) is 3.19. The van der Waals surface area contributed by atoms with Gasteiger partial charge in [0.15, 0.2) is 0 Å². The number of para-hydroxylation sites is 1. The molecule has 2 rings (SSSR count). The van der Waals surface area contributed by atoms with Crippen LogP contribution in [-0.4, -0.2) is 46.6 Å². The van der Waals surface area contributed by atoms with Gasteiger partial charge < -0.3 is 25.9 Å². The molecule has 0 unspecified atom stereocenters. The number of esters is 1. The van der Waals surface area contributed by atoms with Gasteiger partial charge in [0.05, 0.1) is 6.61 Å². The summed E-state index contributed by atoms with van der Waals surface area (Å²) < 4.78 is 5.39. The molecule has 1 amide bonds. The average molecular weight is 454 g/mol. The Morgan fingerprint density at radius 1 is 1.19 bits per heavy atom. The quantitative estimate of drug-likeness (QED) is 0.272. The van der Waals surface area contributed by atoms with E-state index in [-0.39, 0.29) is 31.7 Å². The zero-order chi connectivity index (χ0) is 21.9. The summed E-state index contributed by atoms with van der Waals surface area (Å²) in [5.74, 6) is -2.09. The number of amides is 1. The highest BCUT2D eigenvalue weighted by molar-refractivity contribution is 5.87. The molecule has 0 radical (unpaired) electrons. The molecule has 2 aromatic rings. The molecule has 0 saturated carbocycles. The van der Waals surface area contributed by atoms with E-state index in [4.69, 9.17) is 15.6 Å². The molecule has 1 aromatic heterocycles. The lowest BCUT2D eigenvalue weighted by Crippen LogP contribution is -2.44. The van der Waals surface area contributed by atoms with Crippen LogP contribution < -0.4 is 11.1 Å². The number of nitrogens with two attached hydrogens (primary N) is 1. The Balaban J connectivity index is 0.00000480. The third-order valence-electron chi connectivity index (χ3n) is 4.96. The van der Waals surface area contributed by atoms with E-state index in [1.807, 2.05) is 30.5 Å². The summed E-state index contributed by atoms with van der Waals surface area (Å²) in [6, 6.07) is 5.73. The van der Waals surface area contributed by atoms with Crippen LogP contribution in [0.3, 0.4) is 0 Å². The van der Waals surface area contributed by atoms with Crippen LogP contribution in [0.15, 0.2) is 30.5 Å². The standard InChI is InChI=1S/C22H31N3O5.ClH/c1-2-3-4-7-12-30-22(29)19(25-20(26)11-10-17(23)21(27)28)13-15-14-24-18-9-6-5-8-16(15)18;/h5-6,8-9,14,17,19,24H,2-4,7,10-13,23H2,1H3,(H,25,26)(H,27,28);1H/t17-,19+;/m1./s1. The van der Waals surface area contributed by atoms with Gasteiger partial charge in [0.2, 0.25) is 5.91 Å². The van der Waals surface area contributed by atoms with E-state index in [1.54, 1.807) is 0 Å². The van der Waals surface area contributed by atoms with Gasteiger partial charge in [0.1, 0.15) is 12.1 Å². The molecule has 5 N–H and O–H groups in total. The molecule has 1 heterocycles. The topological polar surface area (TPSA) is 135 Å². The first-order valence-corrected chi connectivity index (χ1v) is 10.4. The first kappa shape index (κ1) is 26.5. The molecule has 0 aliphatic carbocycles. The van der Waals surface area contributed by atoms with Gasteiger partial charge in [-0.15, -0.1) is 12.4 Å². The highest BCUT2D eigenvalue weighted by atomic mass is 35.5. The van der Waals surface area contributed by atoms with Gasteiger partial charge in [-0.25, -0.2) is 4.79 Å². The average Bonchev–Trinajstić information content (AvgIpc) is 3.14. The van der Waals surface area contributed by atoms with Crippen LogP contribution in [0.2, 0.25) is 0 Å². The number of hydrogen-bond donors (Lipinski definition) is 4. The molecule has 0 fully saturated rings. The second-order valence-electron chi connectivity index (χ2n) is 7.40. The third kappa shape index (κ3) is 8.59. The predicted octanol–water partition coefficient (Wildman–Crippen LogP) is 2.93. The first-order valence-electron chi connectivity index (χ1n) is 10.4. The number of halogens is 1. The number of unbranched alkanes of at least 4 members (excludes halogenated alkanes) is 3. The normalized spacial score (nSPS) is 12.6. The highest BCUT2D eigenvalue weighted by Crippen LogP contribution is 2.19. The lowest BCUT2D eigenvalue weighted by atomic mass is 10.0. The van der Waals surface area contributed by atoms with Crippen LogP contribution in [-0.2, 0) is 25.5 Å². The summed E-state index contributed by atoms with van der Waals surface area (Å²) in [4.78, 5) is 39.0. The fraction of sp³-hybridized carbons (Fsp3) is 0.500. The summed E-state index contributed by atoms with van der Waals surface area (Å²) in [6.07, 6.45) is 5.93. The number of ether oxygens (including phenoxy) is 1. The Morgan fingerprint density at radius 2 is 1.94 bits per heavy atom. The van der Waals surface area contributed by atoms with Crippen LogP contribution in [0.1, 0.15) is 51.0 Å². The number of carboxylic acids is 1. The number of aliphatic carboxylic acids is 1. The molecular weight excluding hydrogens is 422 g/mol. The molecule has 2 atom stereocenters. The second kappa shape index (κ2) is 13.7. The highest BCUT2D eigenvalue weighted by Gasteiger charge is 2.24. The summed E-state index contributed by atoms with van der Waals surface area (Å²) >= 11 is 0. The summed E-state index contributed by atoms with van der Waals surface area (Å²) in [5, 5.41) is 12.5. The third-order valence-corrected chi connectivity index (χ3v) is 4.96. The van der Waals surface area contributed by atoms with Crippen LogP contribution in [0.25, 0.3) is 10.9 Å². The number of carboxylic acid groups (broad SMARTS) is 1. The predicted molar refractivity (Wildman–Crippen MR) is 121 cm³/mol. The number of aromatic nitrogens is 1. The number of benzene rings is 1. The number of carbonyl (C=O) groups excluding carboxylic acids is 2. The van der Waals surface area contributed by atoms with Gasteiger partial charge >= 0.3 is 11.9 Å². The zero-order valence-corrected chi connectivity index (χ0v) is 18.6. The molecule has 31 heavy (non-hydrogen) atoms. The minimum atomic E-state index is -1.16. The van der Waals surface area contributed by atoms with Crippen molar-refractivity contribution in [3.8, 4) is 0 Å². The van der Waals surface area contributed by atoms with E-state index in [2.05, 4.69) is 17.2 Å². The van der Waals surface area contributed by atoms with E-state index in [0.717, 1.165) is 42.1 Å². The maximum absolute atomic E-state index is 12.7. The Labute approximate surface area is 188 Å². The molecule has 0 aliphatic rings. The van der Waals surface area contributed by atoms with Crippen molar-refractivity contribution in [3.63, 3.8) is 0 Å². The van der Waals surface area contributed by atoms with Gasteiger partial charge in [-0.2, -0.15) is 0 Å². The van der Waals surface area contributed by atoms with Crippen molar-refractivity contribution < 1.29 is 24.2 Å². The van der Waals surface area contributed by atoms with Crippen molar-refractivity contribution in [2.24, 2.45) is 5.73 Å². The van der Waals surface area contributed by atoms with Crippen molar-refractivity contribution in [3.05, 3.63) is 36.0 Å². The van der Waals surface area contributed by atoms with Crippen molar-refractivity contribution in [1.82, 2.24) is 10.3 Å². The van der Waals surface area contributed by atoms with Crippen molar-refractivity contribution in [1.29, 1.82) is 0 Å². The Hall–Kier alpha value is -2.58. The number of hydrogen-bond acceptors (Lipinski definition) is 5. The van der Waals surface area contributed by atoms with E-state index >= 15 is 0 Å². The largest absolute Gasteiger partial charge is 0.480 e. The van der Waals surface area contributed by atoms with Crippen molar-refractivity contribution >= 4 is 41.2 Å². The van der Waals surface area contributed by atoms with Crippen LogP contribution >= 0.6 is 12.4 Å². The molecule has 0 spiro atoms. The number of rotatable bonds is 13. The number of aromatic amines is 1. The van der Waals surface area contributed by atoms with Gasteiger partial charge in [-0.1, -0.05) is 44.4 Å². The molecule has 172 valence electrons. The van der Waals surface area contributed by atoms with E-state index in [9.17, 15) is 14.4 Å². The fourth-order valence-corrected chi connectivity index (χ4v) is 3.19. The van der Waals surface area contributed by atoms with E-state index in [0.29, 0.717) is 6.61 Å². The maximum atomic E-state index is 12.7. The van der Waals surface area contributed by atoms with Gasteiger partial charge in [-0.3, -0.25) is 9.59 Å². The SMILES string of the molecule is CCCCCCOC(=O)[C@H](Cc1c[nH]c2ccccc12)NC(=O)CC[C@@H](N)C(=O)O.Cl. The van der Waals surface area contributed by atoms with Crippen molar-refractivity contribution in [2.45, 2.75) is 64.0 Å². The summed E-state index contributed by atoms with van der Waals surface area (Å²) in [5.41, 5.74) is 7.29. The summed E-state index contributed by atoms with van der Waals surface area (Å²) in [7, 11) is 0. The maximum Gasteiger partial charge on any atom is 0.328 e. The Kier molecular flexibility index (Phi) is 11.7. The van der Waals surface area contributed by atoms with Crippen LogP contribution in [0, 0.1) is 0 Å². The van der Waals surface area contributed by atoms with E-state index in [1.165, 1.54) is 0 Å². The number of H-pyrrole nitrogens is 1. The van der Waals surface area contributed by atoms with Gasteiger partial charge in [-0.05, 0) is 24.5 Å².